The Balaban J connectivity index is 3.98. The van der Waals surface area contributed by atoms with Crippen LogP contribution in [0.25, 0.3) is 0 Å². The summed E-state index contributed by atoms with van der Waals surface area (Å²) >= 11 is 0. The largest absolute Gasteiger partial charge is 0.481 e. The number of hydrogen-bond donors (Lipinski definition) is 12. The molecule has 0 spiro atoms. The van der Waals surface area contributed by atoms with Gasteiger partial charge in [-0.05, 0) is 57.9 Å². The number of ether oxygens (including phenoxy) is 4. The van der Waals surface area contributed by atoms with Gasteiger partial charge in [-0.2, -0.15) is 0 Å². The maximum atomic E-state index is 12.5. The summed E-state index contributed by atoms with van der Waals surface area (Å²) in [6.45, 7) is 2.49. The maximum absolute atomic E-state index is 12.5. The Labute approximate surface area is 469 Å². The molecule has 0 unspecified atom stereocenters. The number of carboxylic acids is 5. The fourth-order valence-electron chi connectivity index (χ4n) is 7.83. The van der Waals surface area contributed by atoms with Crippen LogP contribution < -0.4 is 37.2 Å². The molecule has 27 nitrogen and oxygen atoms in total. The number of likely N-dealkylation sites (N-methyl/N-ethyl adjacent to an activating group) is 1. The molecule has 12 N–H and O–H groups in total. The Kier molecular flexibility index (Phi) is 46.2. The third kappa shape index (κ3) is 45.8. The van der Waals surface area contributed by atoms with Gasteiger partial charge >= 0.3 is 29.8 Å². The van der Waals surface area contributed by atoms with E-state index in [2.05, 4.69) is 37.2 Å². The second-order valence-electron chi connectivity index (χ2n) is 19.2. The van der Waals surface area contributed by atoms with Crippen LogP contribution in [0, 0.1) is 0 Å². The van der Waals surface area contributed by atoms with Crippen LogP contribution in [0.1, 0.15) is 167 Å². The van der Waals surface area contributed by atoms with Crippen LogP contribution >= 0.6 is 0 Å². The quantitative estimate of drug-likeness (QED) is 0.0388. The molecule has 80 heavy (non-hydrogen) atoms. The van der Waals surface area contributed by atoms with Crippen molar-refractivity contribution in [2.24, 2.45) is 0 Å². The fraction of sp³-hybridized carbons (Fsp3) is 0.792. The summed E-state index contributed by atoms with van der Waals surface area (Å²) in [6, 6.07) is -4.80. The molecular weight excluding hydrogens is 1050 g/mol. The number of carboxylic acid groups (broad SMARTS) is 5. The number of unbranched alkanes of at least 4 members (excludes halogenated alkanes) is 14. The van der Waals surface area contributed by atoms with Crippen molar-refractivity contribution in [3.63, 3.8) is 0 Å². The van der Waals surface area contributed by atoms with E-state index in [1.807, 2.05) is 0 Å². The predicted octanol–water partition coefficient (Wildman–Crippen LogP) is 2.01. The van der Waals surface area contributed by atoms with Crippen LogP contribution in [0.4, 0.5) is 0 Å². The normalized spacial score (nSPS) is 12.5. The molecule has 0 aromatic carbocycles. The first-order valence-electron chi connectivity index (χ1n) is 28.2. The van der Waals surface area contributed by atoms with Gasteiger partial charge in [0.15, 0.2) is 0 Å². The van der Waals surface area contributed by atoms with E-state index in [0.29, 0.717) is 32.2 Å². The van der Waals surface area contributed by atoms with E-state index in [-0.39, 0.29) is 117 Å². The first-order chi connectivity index (χ1) is 38.4. The van der Waals surface area contributed by atoms with Crippen molar-refractivity contribution in [2.75, 3.05) is 79.0 Å². The molecule has 0 aromatic rings. The average molecular weight is 1150 g/mol. The lowest BCUT2D eigenvalue weighted by Crippen LogP contribution is -2.45. The monoisotopic (exact) mass is 1150 g/mol. The molecule has 0 saturated carbocycles. The van der Waals surface area contributed by atoms with E-state index in [0.717, 1.165) is 51.4 Å². The molecule has 0 bridgehead atoms. The molecule has 4 atom stereocenters. The van der Waals surface area contributed by atoms with Gasteiger partial charge in [0.2, 0.25) is 35.4 Å². The van der Waals surface area contributed by atoms with Crippen molar-refractivity contribution in [3.8, 4) is 0 Å². The minimum Gasteiger partial charge on any atom is -0.481 e. The average Bonchev–Trinajstić information content (AvgIpc) is 3.40. The summed E-state index contributed by atoms with van der Waals surface area (Å²) in [5, 5.41) is 64.1. The first-order valence-corrected chi connectivity index (χ1v) is 28.2. The van der Waals surface area contributed by atoms with Crippen LogP contribution in [0.15, 0.2) is 0 Å². The molecule has 0 fully saturated rings. The van der Waals surface area contributed by atoms with Gasteiger partial charge in [-0.3, -0.25) is 38.4 Å². The Morgan fingerprint density at radius 3 is 1.10 bits per heavy atom. The first kappa shape index (κ1) is 74.0. The highest BCUT2D eigenvalue weighted by atomic mass is 16.5. The van der Waals surface area contributed by atoms with Crippen LogP contribution in [0.2, 0.25) is 0 Å². The molecule has 0 aliphatic carbocycles. The molecule has 0 saturated heterocycles. The van der Waals surface area contributed by atoms with Gasteiger partial charge in [-0.15, -0.1) is 0 Å². The Bertz CT molecular complexity index is 1810. The molecule has 460 valence electrons. The second-order valence-corrected chi connectivity index (χ2v) is 19.2. The SMILES string of the molecule is CCN[C@@H](CCCCNC(=O)CC[C@H](NC(=O)CC[C@H](NC(=O)COCCOCCNC(=O)COCCOCCNC(=O)CC[C@H](NC(=O)CCCCCCCCCCCCCCCCC(=O)O)C(=O)O)C(=O)O)C(=O)O)C(=O)O. The lowest BCUT2D eigenvalue weighted by atomic mass is 10.0. The molecule has 0 aliphatic heterocycles. The van der Waals surface area contributed by atoms with Gasteiger partial charge in [0.25, 0.3) is 0 Å². The Morgan fingerprint density at radius 2 is 0.675 bits per heavy atom. The minimum atomic E-state index is -1.49. The van der Waals surface area contributed by atoms with Crippen LogP contribution in [-0.4, -0.2) is 194 Å². The van der Waals surface area contributed by atoms with Crippen LogP contribution in [0.3, 0.4) is 0 Å². The van der Waals surface area contributed by atoms with E-state index < -0.39 is 96.6 Å². The number of rotatable bonds is 56. The summed E-state index contributed by atoms with van der Waals surface area (Å²) < 4.78 is 21.2. The molecule has 0 heterocycles. The van der Waals surface area contributed by atoms with Gasteiger partial charge in [0, 0.05) is 51.7 Å². The molecule has 0 aliphatic rings. The van der Waals surface area contributed by atoms with Crippen molar-refractivity contribution in [1.82, 2.24) is 37.2 Å². The molecule has 6 amide bonds. The van der Waals surface area contributed by atoms with Crippen molar-refractivity contribution >= 4 is 65.3 Å². The number of amides is 6. The van der Waals surface area contributed by atoms with Gasteiger partial charge in [0.05, 0.1) is 39.6 Å². The lowest BCUT2D eigenvalue weighted by Gasteiger charge is -2.17. The van der Waals surface area contributed by atoms with Crippen molar-refractivity contribution in [1.29, 1.82) is 0 Å². The molecular formula is C53H93N7O20. The number of carbonyl (C=O) groups is 11. The van der Waals surface area contributed by atoms with E-state index in [1.54, 1.807) is 6.92 Å². The lowest BCUT2D eigenvalue weighted by molar-refractivity contribution is -0.144. The van der Waals surface area contributed by atoms with E-state index in [9.17, 15) is 73.2 Å². The predicted molar refractivity (Wildman–Crippen MR) is 289 cm³/mol. The molecule has 0 rings (SSSR count). The van der Waals surface area contributed by atoms with Crippen LogP contribution in [-0.2, 0) is 71.7 Å². The smallest absolute Gasteiger partial charge is 0.326 e. The summed E-state index contributed by atoms with van der Waals surface area (Å²) in [4.78, 5) is 130. The molecule has 0 aromatic heterocycles. The topological polar surface area (TPSA) is 410 Å². The van der Waals surface area contributed by atoms with Gasteiger partial charge in [0.1, 0.15) is 37.4 Å². The number of carbonyl (C=O) groups excluding carboxylic acids is 6. The third-order valence-electron chi connectivity index (χ3n) is 12.3. The van der Waals surface area contributed by atoms with Crippen molar-refractivity contribution in [3.05, 3.63) is 0 Å². The minimum absolute atomic E-state index is 0.0341. The summed E-state index contributed by atoms with van der Waals surface area (Å²) in [5.74, 6) is -8.99. The van der Waals surface area contributed by atoms with E-state index in [1.165, 1.54) is 32.1 Å². The number of aliphatic carboxylic acids is 5. The summed E-state index contributed by atoms with van der Waals surface area (Å²) in [7, 11) is 0. The van der Waals surface area contributed by atoms with Crippen LogP contribution in [0.5, 0.6) is 0 Å². The molecule has 0 radical (unpaired) electrons. The fourth-order valence-corrected chi connectivity index (χ4v) is 7.83. The number of hydrogen-bond acceptors (Lipinski definition) is 16. The number of nitrogens with one attached hydrogen (secondary N) is 7. The van der Waals surface area contributed by atoms with Gasteiger partial charge < -0.3 is 81.7 Å². The highest BCUT2D eigenvalue weighted by Crippen LogP contribution is 2.14. The Hall–Kier alpha value is -6.03. The summed E-state index contributed by atoms with van der Waals surface area (Å²) in [6.07, 6.45) is 15.2. The van der Waals surface area contributed by atoms with E-state index >= 15 is 0 Å². The maximum Gasteiger partial charge on any atom is 0.326 e. The second kappa shape index (κ2) is 50.0. The van der Waals surface area contributed by atoms with Gasteiger partial charge in [-0.25, -0.2) is 14.4 Å². The van der Waals surface area contributed by atoms with Crippen molar-refractivity contribution < 1.29 is 97.2 Å². The Morgan fingerprint density at radius 1 is 0.325 bits per heavy atom. The van der Waals surface area contributed by atoms with Crippen molar-refractivity contribution in [2.45, 2.75) is 192 Å². The highest BCUT2D eigenvalue weighted by molar-refractivity contribution is 5.87. The standard InChI is InChI=1S/C53H93N7O20/c1-2-54-39(50(69)70)19-17-18-28-55-43(61)25-22-41(52(73)74)59-46(64)27-24-42(53(75)76)60-48(66)38-80-36-34-78-32-30-57-47(65)37-79-35-33-77-31-29-56-44(62)26-23-40(51(71)72)58-45(63)20-15-13-11-9-7-5-3-4-6-8-10-12-14-16-21-49(67)68/h39-42,54H,2-38H2,1H3,(H,55,61)(H,56,62)(H,57,65)(H,58,63)(H,59,64)(H,60,66)(H,67,68)(H,69,70)(H,71,72)(H,73,74)(H,75,76)/t39-,40-,41-,42-/m0/s1. The zero-order valence-electron chi connectivity index (χ0n) is 46.8. The van der Waals surface area contributed by atoms with Gasteiger partial charge in [-0.1, -0.05) is 84.0 Å². The highest BCUT2D eigenvalue weighted by Gasteiger charge is 2.25. The zero-order valence-corrected chi connectivity index (χ0v) is 46.8. The molecule has 27 heteroatoms. The zero-order chi connectivity index (χ0) is 59.6. The summed E-state index contributed by atoms with van der Waals surface area (Å²) in [5.41, 5.74) is 0. The van der Waals surface area contributed by atoms with E-state index in [4.69, 9.17) is 24.1 Å². The third-order valence-corrected chi connectivity index (χ3v) is 12.3.